The quantitative estimate of drug-likeness (QED) is 0.227. The van der Waals surface area contributed by atoms with Gasteiger partial charge >= 0.3 is 0 Å². The summed E-state index contributed by atoms with van der Waals surface area (Å²) in [6.45, 7) is -0.262. The Labute approximate surface area is 126 Å². The Bertz CT molecular complexity index is 826. The highest BCUT2D eigenvalue weighted by Crippen LogP contribution is 2.31. The molecular weight excluding hydrogens is 312 g/mol. The molecule has 3 heterocycles. The molecule has 5 N–H and O–H groups in total. The molecule has 13 heteroatoms. The number of fused-ring (bicyclic) bond motifs is 1. The van der Waals surface area contributed by atoms with E-state index in [1.165, 1.54) is 10.9 Å². The van der Waals surface area contributed by atoms with E-state index in [4.69, 9.17) is 16.0 Å². The first-order valence-electron chi connectivity index (χ1n) is 6.43. The lowest BCUT2D eigenvalue weighted by atomic mass is 10.1. The van der Waals surface area contributed by atoms with Crippen molar-refractivity contribution in [2.24, 2.45) is 5.28 Å². The zero-order valence-corrected chi connectivity index (χ0v) is 11.5. The average Bonchev–Trinajstić information content (AvgIpc) is 3.04. The molecule has 0 saturated carbocycles. The number of ether oxygens (including phenoxy) is 1. The third-order valence-electron chi connectivity index (χ3n) is 3.40. The Hall–Kier alpha value is -2.86. The van der Waals surface area contributed by atoms with E-state index in [9.17, 15) is 15.0 Å². The second-order valence-corrected chi connectivity index (χ2v) is 4.79. The minimum absolute atomic E-state index is 0.0123. The number of nitrogens with zero attached hydrogens (tertiary/aromatic N) is 6. The van der Waals surface area contributed by atoms with Crippen molar-refractivity contribution in [1.82, 2.24) is 19.5 Å². The third kappa shape index (κ3) is 2.53. The van der Waals surface area contributed by atoms with E-state index in [1.54, 1.807) is 0 Å². The number of nitrogens with two attached hydrogens (primary N) is 1. The predicted octanol–water partition coefficient (Wildman–Crippen LogP) is -1.44. The third-order valence-corrected chi connectivity index (χ3v) is 3.40. The van der Waals surface area contributed by atoms with Crippen LogP contribution in [0.15, 0.2) is 16.4 Å². The summed E-state index contributed by atoms with van der Waals surface area (Å²) in [5, 5.41) is 23.0. The monoisotopic (exact) mass is 324 g/mol. The molecule has 1 fully saturated rings. The van der Waals surface area contributed by atoms with Gasteiger partial charge < -0.3 is 25.5 Å². The number of azide groups is 1. The fraction of sp³-hybridized carbons (Fsp3) is 0.500. The van der Waals surface area contributed by atoms with Crippen LogP contribution in [0.25, 0.3) is 21.6 Å². The minimum Gasteiger partial charge on any atom is -0.431 e. The van der Waals surface area contributed by atoms with Crippen LogP contribution in [0.4, 0.5) is 5.95 Å². The Balaban J connectivity index is 1.93. The van der Waals surface area contributed by atoms with Gasteiger partial charge in [0.2, 0.25) is 5.95 Å². The van der Waals surface area contributed by atoms with Gasteiger partial charge in [-0.15, -0.1) is 0 Å². The zero-order valence-electron chi connectivity index (χ0n) is 11.5. The van der Waals surface area contributed by atoms with Gasteiger partial charge in [-0.1, -0.05) is 0 Å². The number of anilines is 1. The van der Waals surface area contributed by atoms with Crippen molar-refractivity contribution in [3.63, 3.8) is 0 Å². The van der Waals surface area contributed by atoms with Gasteiger partial charge in [0.1, 0.15) is 30.2 Å². The summed E-state index contributed by atoms with van der Waals surface area (Å²) in [6.07, 6.45) is -3.41. The van der Waals surface area contributed by atoms with E-state index in [0.717, 1.165) is 0 Å². The summed E-state index contributed by atoms with van der Waals surface area (Å²) in [4.78, 5) is 28.9. The van der Waals surface area contributed by atoms with Crippen molar-refractivity contribution in [3.8, 4) is 0 Å². The number of imidazole rings is 1. The lowest BCUT2D eigenvalue weighted by Crippen LogP contribution is -2.33. The Morgan fingerprint density at radius 1 is 1.57 bits per heavy atom. The maximum atomic E-state index is 11.7. The Kier molecular flexibility index (Phi) is 3.75. The number of aromatic nitrogens is 4. The lowest BCUT2D eigenvalue weighted by molar-refractivity contribution is -0.0656. The first-order chi connectivity index (χ1) is 11.0. The van der Waals surface area contributed by atoms with E-state index >= 15 is 0 Å². The van der Waals surface area contributed by atoms with Crippen LogP contribution >= 0.6 is 0 Å². The highest BCUT2D eigenvalue weighted by Gasteiger charge is 2.44. The van der Waals surface area contributed by atoms with E-state index in [1.807, 2.05) is 0 Å². The van der Waals surface area contributed by atoms with Crippen molar-refractivity contribution < 1.29 is 19.8 Å². The van der Waals surface area contributed by atoms with Crippen LogP contribution in [0.5, 0.6) is 0 Å². The van der Waals surface area contributed by atoms with Gasteiger partial charge in [-0.05, 0) is 5.53 Å². The molecule has 2 aromatic heterocycles. The molecule has 1 aliphatic rings. The van der Waals surface area contributed by atoms with Crippen molar-refractivity contribution >= 4 is 17.1 Å². The van der Waals surface area contributed by atoms with Crippen LogP contribution in [0.1, 0.15) is 6.23 Å². The first kappa shape index (κ1) is 15.1. The number of aliphatic hydroxyl groups excluding tert-OH is 2. The van der Waals surface area contributed by atoms with Gasteiger partial charge in [-0.2, -0.15) is 4.98 Å². The van der Waals surface area contributed by atoms with Gasteiger partial charge in [-0.25, -0.2) is 4.98 Å². The number of nitrogens with one attached hydrogen (secondary N) is 1. The van der Waals surface area contributed by atoms with Crippen LogP contribution in [0.3, 0.4) is 0 Å². The topological polar surface area (TPSA) is 197 Å². The molecule has 13 nitrogen and oxygen atoms in total. The largest absolute Gasteiger partial charge is 0.431 e. The normalized spacial score (nSPS) is 27.0. The number of rotatable bonds is 4. The average molecular weight is 324 g/mol. The molecule has 23 heavy (non-hydrogen) atoms. The van der Waals surface area contributed by atoms with Crippen LogP contribution in [-0.2, 0) is 9.57 Å². The molecule has 1 aliphatic heterocycles. The highest BCUT2D eigenvalue weighted by molar-refractivity contribution is 5.70. The van der Waals surface area contributed by atoms with Gasteiger partial charge in [0.05, 0.1) is 6.33 Å². The molecule has 0 radical (unpaired) electrons. The molecule has 0 aliphatic carbocycles. The summed E-state index contributed by atoms with van der Waals surface area (Å²) >= 11 is 0. The molecule has 0 bridgehead atoms. The summed E-state index contributed by atoms with van der Waals surface area (Å²) in [7, 11) is 0. The van der Waals surface area contributed by atoms with Crippen LogP contribution in [-0.4, -0.2) is 54.7 Å². The molecule has 0 aromatic carbocycles. The van der Waals surface area contributed by atoms with Crippen LogP contribution in [0, 0.1) is 0 Å². The number of hydrogen-bond acceptors (Lipinski definition) is 9. The maximum absolute atomic E-state index is 11.7. The van der Waals surface area contributed by atoms with Gasteiger partial charge in [0.25, 0.3) is 5.56 Å². The SMILES string of the molecule is [N-]=[N+]=NOC[C@H]1O[C@@H](n2cnc3c(=O)[nH]c(N)nc32)C(O)C1O. The zero-order chi connectivity index (χ0) is 16.6. The molecule has 0 spiro atoms. The van der Waals surface area contributed by atoms with Crippen LogP contribution in [0.2, 0.25) is 0 Å². The summed E-state index contributed by atoms with van der Waals surface area (Å²) in [5.74, 6) is -0.125. The molecule has 0 amide bonds. The van der Waals surface area contributed by atoms with E-state index in [2.05, 4.69) is 30.0 Å². The standard InChI is InChI=1S/C10H12N8O5/c11-10-14-7-4(8(21)15-10)13-2-18(7)9-6(20)5(19)3(23-9)1-22-17-16-12/h2-3,5-6,9,19-20H,1H2,(H3,11,14,15,21)/t3-,5?,6?,9-/m1/s1. The minimum atomic E-state index is -1.34. The number of H-pyrrole nitrogens is 1. The number of nitrogen functional groups attached to an aromatic ring is 1. The molecular formula is C10H12N8O5. The van der Waals surface area contributed by atoms with Crippen molar-refractivity contribution in [2.75, 3.05) is 12.3 Å². The number of aliphatic hydroxyl groups is 2. The van der Waals surface area contributed by atoms with Gasteiger partial charge in [0, 0.05) is 4.91 Å². The molecule has 3 rings (SSSR count). The summed E-state index contributed by atoms with van der Waals surface area (Å²) in [5.41, 5.74) is 13.2. The predicted molar refractivity (Wildman–Crippen MR) is 73.6 cm³/mol. The second-order valence-electron chi connectivity index (χ2n) is 4.79. The fourth-order valence-corrected chi connectivity index (χ4v) is 2.36. The Morgan fingerprint density at radius 2 is 2.35 bits per heavy atom. The Morgan fingerprint density at radius 3 is 3.09 bits per heavy atom. The molecule has 4 atom stereocenters. The fourth-order valence-electron chi connectivity index (χ4n) is 2.36. The maximum Gasteiger partial charge on any atom is 0.280 e. The molecule has 2 unspecified atom stereocenters. The van der Waals surface area contributed by atoms with Crippen molar-refractivity contribution in [1.29, 1.82) is 0 Å². The lowest BCUT2D eigenvalue weighted by Gasteiger charge is -2.16. The van der Waals surface area contributed by atoms with E-state index < -0.39 is 30.1 Å². The number of aromatic amines is 1. The van der Waals surface area contributed by atoms with Crippen molar-refractivity contribution in [3.05, 3.63) is 27.1 Å². The number of hydrogen-bond donors (Lipinski definition) is 4. The van der Waals surface area contributed by atoms with Gasteiger partial charge in [-0.3, -0.25) is 14.3 Å². The summed E-state index contributed by atoms with van der Waals surface area (Å²) in [6, 6.07) is 0. The first-order valence-corrected chi connectivity index (χ1v) is 6.43. The molecule has 1 saturated heterocycles. The van der Waals surface area contributed by atoms with E-state index in [-0.39, 0.29) is 23.7 Å². The summed E-state index contributed by atoms with van der Waals surface area (Å²) < 4.78 is 6.77. The van der Waals surface area contributed by atoms with Gasteiger partial charge in [0.15, 0.2) is 17.4 Å². The van der Waals surface area contributed by atoms with E-state index in [0.29, 0.717) is 0 Å². The highest BCUT2D eigenvalue weighted by atomic mass is 16.7. The molecule has 2 aromatic rings. The second kappa shape index (κ2) is 5.73. The molecule has 122 valence electrons. The smallest absolute Gasteiger partial charge is 0.280 e. The van der Waals surface area contributed by atoms with Crippen molar-refractivity contribution in [2.45, 2.75) is 24.5 Å². The van der Waals surface area contributed by atoms with Crippen LogP contribution < -0.4 is 11.3 Å².